The fraction of sp³-hybridized carbons (Fsp3) is 0.300. The molecule has 1 unspecified atom stereocenters. The topological polar surface area (TPSA) is 61.4 Å². The lowest BCUT2D eigenvalue weighted by atomic mass is 10.1. The normalized spacial score (nSPS) is 11.9. The molecule has 2 amide bonds. The Morgan fingerprint density at radius 2 is 1.61 bits per heavy atom. The maximum absolute atomic E-state index is 12.4. The lowest BCUT2D eigenvalue weighted by Crippen LogP contribution is -2.41. The number of nitrogens with one attached hydrogen (secondary N) is 2. The van der Waals surface area contributed by atoms with E-state index in [0.29, 0.717) is 22.3 Å². The largest absolute Gasteiger partial charge is 0.348 e. The molecule has 2 aromatic carbocycles. The van der Waals surface area contributed by atoms with Gasteiger partial charge in [-0.15, -0.1) is 0 Å². The van der Waals surface area contributed by atoms with Crippen molar-refractivity contribution in [3.8, 4) is 0 Å². The van der Waals surface area contributed by atoms with Crippen LogP contribution in [0.1, 0.15) is 25.5 Å². The summed E-state index contributed by atoms with van der Waals surface area (Å²) in [5.41, 5.74) is 1.38. The molecule has 8 heteroatoms. The van der Waals surface area contributed by atoms with Crippen LogP contribution in [0.2, 0.25) is 10.0 Å². The minimum atomic E-state index is -0.286. The van der Waals surface area contributed by atoms with Crippen LogP contribution in [0, 0.1) is 0 Å². The molecule has 0 aliphatic rings. The van der Waals surface area contributed by atoms with Crippen molar-refractivity contribution in [2.75, 3.05) is 25.0 Å². The highest BCUT2D eigenvalue weighted by Crippen LogP contribution is 2.29. The molecule has 2 rings (SSSR count). The van der Waals surface area contributed by atoms with Gasteiger partial charge in [0.25, 0.3) is 0 Å². The van der Waals surface area contributed by atoms with Gasteiger partial charge >= 0.3 is 0 Å². The SMILES string of the molecule is CCN(CC(=O)Nc1c(Cl)cccc1Cl)CC(=O)NC(C)c1ccc(Br)cc1. The van der Waals surface area contributed by atoms with Crippen molar-refractivity contribution in [2.45, 2.75) is 19.9 Å². The predicted molar refractivity (Wildman–Crippen MR) is 118 cm³/mol. The average molecular weight is 487 g/mol. The molecule has 1 atom stereocenters. The number of anilines is 1. The first-order valence-corrected chi connectivity index (χ1v) is 10.4. The Balaban J connectivity index is 1.89. The smallest absolute Gasteiger partial charge is 0.238 e. The van der Waals surface area contributed by atoms with Gasteiger partial charge in [0.15, 0.2) is 0 Å². The minimum absolute atomic E-state index is 0.0537. The number of carbonyl (C=O) groups is 2. The number of benzene rings is 2. The summed E-state index contributed by atoms with van der Waals surface area (Å²) in [5.74, 6) is -0.438. The zero-order chi connectivity index (χ0) is 20.7. The molecule has 0 saturated carbocycles. The zero-order valence-electron chi connectivity index (χ0n) is 15.6. The molecule has 2 N–H and O–H groups in total. The summed E-state index contributed by atoms with van der Waals surface area (Å²) < 4.78 is 0.983. The Morgan fingerprint density at radius 3 is 2.18 bits per heavy atom. The highest BCUT2D eigenvalue weighted by molar-refractivity contribution is 9.10. The van der Waals surface area contributed by atoms with E-state index in [4.69, 9.17) is 23.2 Å². The van der Waals surface area contributed by atoms with Crippen molar-refractivity contribution < 1.29 is 9.59 Å². The van der Waals surface area contributed by atoms with Crippen molar-refractivity contribution in [1.82, 2.24) is 10.2 Å². The molecule has 5 nitrogen and oxygen atoms in total. The molecule has 0 aromatic heterocycles. The van der Waals surface area contributed by atoms with E-state index in [9.17, 15) is 9.59 Å². The van der Waals surface area contributed by atoms with Crippen molar-refractivity contribution in [3.63, 3.8) is 0 Å². The first-order valence-electron chi connectivity index (χ1n) is 8.81. The average Bonchev–Trinajstić information content (AvgIpc) is 2.64. The number of hydrogen-bond donors (Lipinski definition) is 2. The fourth-order valence-corrected chi connectivity index (χ4v) is 3.36. The lowest BCUT2D eigenvalue weighted by Gasteiger charge is -2.21. The molecular formula is C20H22BrCl2N3O2. The Morgan fingerprint density at radius 1 is 1.04 bits per heavy atom. The van der Waals surface area contributed by atoms with Crippen LogP contribution in [0.5, 0.6) is 0 Å². The van der Waals surface area contributed by atoms with E-state index in [1.807, 2.05) is 38.1 Å². The molecule has 0 heterocycles. The van der Waals surface area contributed by atoms with E-state index in [-0.39, 0.29) is 30.9 Å². The second-order valence-corrected chi connectivity index (χ2v) is 8.02. The summed E-state index contributed by atoms with van der Waals surface area (Å²) in [6.07, 6.45) is 0. The van der Waals surface area contributed by atoms with Gasteiger partial charge in [-0.2, -0.15) is 0 Å². The van der Waals surface area contributed by atoms with Crippen molar-refractivity contribution in [3.05, 3.63) is 62.5 Å². The quantitative estimate of drug-likeness (QED) is 0.558. The van der Waals surface area contributed by atoms with E-state index in [1.54, 1.807) is 23.1 Å². The van der Waals surface area contributed by atoms with Crippen molar-refractivity contribution >= 4 is 56.6 Å². The standard InChI is InChI=1S/C20H22BrCl2N3O2/c1-3-26(12-19(28)25-20-16(22)5-4-6-17(20)23)11-18(27)24-13(2)14-7-9-15(21)10-8-14/h4-10,13H,3,11-12H2,1-2H3,(H,24,27)(H,25,28). The minimum Gasteiger partial charge on any atom is -0.348 e. The van der Waals surface area contributed by atoms with Crippen molar-refractivity contribution in [2.24, 2.45) is 0 Å². The van der Waals surface area contributed by atoms with Crippen LogP contribution >= 0.6 is 39.1 Å². The summed E-state index contributed by atoms with van der Waals surface area (Å²) in [6, 6.07) is 12.6. The van der Waals surface area contributed by atoms with Gasteiger partial charge in [-0.25, -0.2) is 0 Å². The Labute approximate surface area is 183 Å². The molecule has 0 spiro atoms. The zero-order valence-corrected chi connectivity index (χ0v) is 18.7. The molecule has 150 valence electrons. The van der Waals surface area contributed by atoms with Gasteiger partial charge in [0.1, 0.15) is 0 Å². The number of halogens is 3. The molecule has 0 aliphatic heterocycles. The number of likely N-dealkylation sites (N-methyl/N-ethyl adjacent to an activating group) is 1. The van der Waals surface area contributed by atoms with Crippen LogP contribution in [0.3, 0.4) is 0 Å². The number of hydrogen-bond acceptors (Lipinski definition) is 3. The predicted octanol–water partition coefficient (Wildman–Crippen LogP) is 4.89. The molecular weight excluding hydrogens is 465 g/mol. The number of nitrogens with zero attached hydrogens (tertiary/aromatic N) is 1. The summed E-state index contributed by atoms with van der Waals surface area (Å²) in [6.45, 7) is 4.52. The summed E-state index contributed by atoms with van der Waals surface area (Å²) in [4.78, 5) is 26.5. The van der Waals surface area contributed by atoms with Gasteiger partial charge < -0.3 is 10.6 Å². The molecule has 0 aliphatic carbocycles. The van der Waals surface area contributed by atoms with Crippen molar-refractivity contribution in [1.29, 1.82) is 0 Å². The lowest BCUT2D eigenvalue weighted by molar-refractivity contribution is -0.123. The van der Waals surface area contributed by atoms with Gasteiger partial charge in [0.05, 0.1) is 34.9 Å². The van der Waals surface area contributed by atoms with Crippen LogP contribution < -0.4 is 10.6 Å². The maximum Gasteiger partial charge on any atom is 0.238 e. The molecule has 0 fully saturated rings. The Hall–Kier alpha value is -1.60. The van der Waals surface area contributed by atoms with Gasteiger partial charge in [-0.3, -0.25) is 14.5 Å². The second-order valence-electron chi connectivity index (χ2n) is 6.29. The van der Waals surface area contributed by atoms with Crippen LogP contribution in [0.25, 0.3) is 0 Å². The van der Waals surface area contributed by atoms with Crippen LogP contribution in [-0.4, -0.2) is 36.3 Å². The Bertz CT molecular complexity index is 810. The molecule has 0 bridgehead atoms. The summed E-state index contributed by atoms with van der Waals surface area (Å²) >= 11 is 15.5. The van der Waals surface area contributed by atoms with Crippen LogP contribution in [0.15, 0.2) is 46.9 Å². The Kier molecular flexibility index (Phi) is 8.76. The first kappa shape index (κ1) is 22.7. The highest BCUT2D eigenvalue weighted by Gasteiger charge is 2.17. The van der Waals surface area contributed by atoms with E-state index < -0.39 is 0 Å². The summed E-state index contributed by atoms with van der Waals surface area (Å²) in [7, 11) is 0. The third-order valence-corrected chi connectivity index (χ3v) is 5.31. The third kappa shape index (κ3) is 6.78. The van der Waals surface area contributed by atoms with Gasteiger partial charge in [-0.1, -0.05) is 64.3 Å². The molecule has 28 heavy (non-hydrogen) atoms. The van der Waals surface area contributed by atoms with Crippen LogP contribution in [-0.2, 0) is 9.59 Å². The molecule has 0 saturated heterocycles. The summed E-state index contributed by atoms with van der Waals surface area (Å²) in [5, 5.41) is 6.39. The van der Waals surface area contributed by atoms with Gasteiger partial charge in [0, 0.05) is 4.47 Å². The number of para-hydroxylation sites is 1. The van der Waals surface area contributed by atoms with E-state index in [0.717, 1.165) is 10.0 Å². The first-order chi connectivity index (χ1) is 13.3. The molecule has 2 aromatic rings. The number of amides is 2. The number of carbonyl (C=O) groups excluding carboxylic acids is 2. The van der Waals surface area contributed by atoms with Gasteiger partial charge in [0.2, 0.25) is 11.8 Å². The van der Waals surface area contributed by atoms with E-state index in [2.05, 4.69) is 26.6 Å². The number of rotatable bonds is 8. The van der Waals surface area contributed by atoms with E-state index in [1.165, 1.54) is 0 Å². The van der Waals surface area contributed by atoms with Gasteiger partial charge in [-0.05, 0) is 43.3 Å². The van der Waals surface area contributed by atoms with Crippen LogP contribution in [0.4, 0.5) is 5.69 Å². The monoisotopic (exact) mass is 485 g/mol. The second kappa shape index (κ2) is 10.8. The third-order valence-electron chi connectivity index (χ3n) is 4.16. The van der Waals surface area contributed by atoms with E-state index >= 15 is 0 Å². The fourth-order valence-electron chi connectivity index (χ4n) is 2.60. The molecule has 0 radical (unpaired) electrons. The highest BCUT2D eigenvalue weighted by atomic mass is 79.9. The maximum atomic E-state index is 12.4.